The highest BCUT2D eigenvalue weighted by molar-refractivity contribution is 6.07. The van der Waals surface area contributed by atoms with Crippen molar-refractivity contribution < 1.29 is 14.0 Å². The topological polar surface area (TPSA) is 123 Å². The van der Waals surface area contributed by atoms with Crippen LogP contribution in [-0.4, -0.2) is 38.0 Å². The molecule has 0 bridgehead atoms. The van der Waals surface area contributed by atoms with Gasteiger partial charge in [0, 0.05) is 48.1 Å². The number of nitrogens with two attached hydrogens (primary N) is 2. The van der Waals surface area contributed by atoms with Crippen molar-refractivity contribution in [1.82, 2.24) is 10.6 Å². The first-order chi connectivity index (χ1) is 18.1. The lowest BCUT2D eigenvalue weighted by Gasteiger charge is -2.06. The summed E-state index contributed by atoms with van der Waals surface area (Å²) in [6, 6.07) is 27.2. The van der Waals surface area contributed by atoms with Crippen LogP contribution in [0.15, 0.2) is 89.3 Å². The molecule has 6 N–H and O–H groups in total. The van der Waals surface area contributed by atoms with Crippen molar-refractivity contribution in [2.24, 2.45) is 11.5 Å². The van der Waals surface area contributed by atoms with Gasteiger partial charge < -0.3 is 26.5 Å². The van der Waals surface area contributed by atoms with Crippen molar-refractivity contribution in [3.63, 3.8) is 0 Å². The largest absolute Gasteiger partial charge is 0.456 e. The number of carbonyl (C=O) groups is 2. The fourth-order valence-corrected chi connectivity index (χ4v) is 4.34. The van der Waals surface area contributed by atoms with Crippen molar-refractivity contribution in [3.8, 4) is 22.3 Å². The van der Waals surface area contributed by atoms with Crippen molar-refractivity contribution in [2.75, 3.05) is 26.2 Å². The number of rotatable bonds is 8. The van der Waals surface area contributed by atoms with E-state index in [0.29, 0.717) is 37.3 Å². The van der Waals surface area contributed by atoms with Gasteiger partial charge in [-0.1, -0.05) is 36.4 Å². The summed E-state index contributed by atoms with van der Waals surface area (Å²) in [5.74, 6) is -0.268. The number of hydrogen-bond acceptors (Lipinski definition) is 5. The Morgan fingerprint density at radius 2 is 0.946 bits per heavy atom. The van der Waals surface area contributed by atoms with Gasteiger partial charge in [0.2, 0.25) is 0 Å². The van der Waals surface area contributed by atoms with E-state index in [0.717, 1.165) is 44.2 Å². The molecule has 7 heteroatoms. The van der Waals surface area contributed by atoms with E-state index in [1.807, 2.05) is 72.8 Å². The molecule has 0 aliphatic rings. The molecule has 186 valence electrons. The highest BCUT2D eigenvalue weighted by atomic mass is 16.3. The second-order valence-electron chi connectivity index (χ2n) is 8.77. The number of nitrogens with one attached hydrogen (secondary N) is 2. The highest BCUT2D eigenvalue weighted by Crippen LogP contribution is 2.35. The molecule has 4 aromatic carbocycles. The number of hydrogen-bond donors (Lipinski definition) is 4. The minimum atomic E-state index is -0.134. The molecule has 37 heavy (non-hydrogen) atoms. The van der Waals surface area contributed by atoms with E-state index in [2.05, 4.69) is 22.8 Å². The second kappa shape index (κ2) is 10.7. The molecule has 0 spiro atoms. The summed E-state index contributed by atoms with van der Waals surface area (Å²) in [5, 5.41) is 7.59. The zero-order valence-corrected chi connectivity index (χ0v) is 20.3. The molecular weight excluding hydrogens is 464 g/mol. The third-order valence-electron chi connectivity index (χ3n) is 6.29. The summed E-state index contributed by atoms with van der Waals surface area (Å²) in [4.78, 5) is 24.4. The van der Waals surface area contributed by atoms with Crippen LogP contribution < -0.4 is 22.1 Å². The third-order valence-corrected chi connectivity index (χ3v) is 6.29. The Bertz CT molecular complexity index is 1450. The van der Waals surface area contributed by atoms with E-state index in [-0.39, 0.29) is 11.8 Å². The van der Waals surface area contributed by atoms with E-state index in [4.69, 9.17) is 15.9 Å². The molecule has 1 heterocycles. The number of amides is 2. The van der Waals surface area contributed by atoms with E-state index >= 15 is 0 Å². The van der Waals surface area contributed by atoms with Gasteiger partial charge in [0.1, 0.15) is 11.2 Å². The lowest BCUT2D eigenvalue weighted by atomic mass is 9.99. The van der Waals surface area contributed by atoms with Gasteiger partial charge in [-0.2, -0.15) is 0 Å². The monoisotopic (exact) mass is 492 g/mol. The first-order valence-corrected chi connectivity index (χ1v) is 12.2. The lowest BCUT2D eigenvalue weighted by molar-refractivity contribution is 0.0946. The Labute approximate surface area is 214 Å². The van der Waals surface area contributed by atoms with Gasteiger partial charge in [0.15, 0.2) is 0 Å². The molecule has 0 aliphatic heterocycles. The molecular formula is C30H28N4O3. The highest BCUT2D eigenvalue weighted by Gasteiger charge is 2.12. The van der Waals surface area contributed by atoms with Gasteiger partial charge >= 0.3 is 0 Å². The second-order valence-corrected chi connectivity index (χ2v) is 8.77. The maximum atomic E-state index is 12.2. The van der Waals surface area contributed by atoms with Crippen LogP contribution in [0.3, 0.4) is 0 Å². The quantitative estimate of drug-likeness (QED) is 0.257. The first kappa shape index (κ1) is 24.2. The van der Waals surface area contributed by atoms with Crippen LogP contribution in [0.1, 0.15) is 20.7 Å². The van der Waals surface area contributed by atoms with Crippen molar-refractivity contribution in [3.05, 3.63) is 96.1 Å². The number of furan rings is 1. The van der Waals surface area contributed by atoms with Gasteiger partial charge in [-0.05, 0) is 70.8 Å². The van der Waals surface area contributed by atoms with Crippen molar-refractivity contribution in [1.29, 1.82) is 0 Å². The molecule has 0 fully saturated rings. The Kier molecular flexibility index (Phi) is 6.98. The van der Waals surface area contributed by atoms with E-state index in [9.17, 15) is 9.59 Å². The maximum Gasteiger partial charge on any atom is 0.251 e. The van der Waals surface area contributed by atoms with Gasteiger partial charge in [0.25, 0.3) is 11.8 Å². The van der Waals surface area contributed by atoms with Crippen LogP contribution in [0.4, 0.5) is 0 Å². The van der Waals surface area contributed by atoms with Crippen LogP contribution in [-0.2, 0) is 0 Å². The normalized spacial score (nSPS) is 11.1. The molecule has 0 radical (unpaired) electrons. The lowest BCUT2D eigenvalue weighted by Crippen LogP contribution is -2.28. The van der Waals surface area contributed by atoms with Crippen LogP contribution >= 0.6 is 0 Å². The van der Waals surface area contributed by atoms with E-state index in [1.54, 1.807) is 0 Å². The SMILES string of the molecule is NCCNC(=O)c1ccc(-c2ccc3oc4ccc(-c5ccc(C(=O)NCCN)cc5)cc4c3c2)cc1. The molecule has 0 unspecified atom stereocenters. The molecule has 7 nitrogen and oxygen atoms in total. The Balaban J connectivity index is 1.44. The summed E-state index contributed by atoms with van der Waals surface area (Å²) in [6.07, 6.45) is 0. The summed E-state index contributed by atoms with van der Waals surface area (Å²) < 4.78 is 6.08. The first-order valence-electron chi connectivity index (χ1n) is 12.2. The molecule has 0 saturated heterocycles. The average Bonchev–Trinajstić information content (AvgIpc) is 3.32. The van der Waals surface area contributed by atoms with Crippen molar-refractivity contribution in [2.45, 2.75) is 0 Å². The number of fused-ring (bicyclic) bond motifs is 3. The van der Waals surface area contributed by atoms with Crippen molar-refractivity contribution >= 4 is 33.8 Å². The van der Waals surface area contributed by atoms with Gasteiger partial charge in [0.05, 0.1) is 0 Å². The summed E-state index contributed by atoms with van der Waals surface area (Å²) in [5.41, 5.74) is 17.8. The predicted molar refractivity (Wildman–Crippen MR) is 147 cm³/mol. The molecule has 0 atom stereocenters. The zero-order chi connectivity index (χ0) is 25.8. The average molecular weight is 493 g/mol. The van der Waals surface area contributed by atoms with Gasteiger partial charge in [-0.15, -0.1) is 0 Å². The fourth-order valence-electron chi connectivity index (χ4n) is 4.34. The molecule has 0 aliphatic carbocycles. The number of carbonyl (C=O) groups excluding carboxylic acids is 2. The summed E-state index contributed by atoms with van der Waals surface area (Å²) in [6.45, 7) is 1.70. The molecule has 5 rings (SSSR count). The number of benzene rings is 4. The molecule has 5 aromatic rings. The Hall–Kier alpha value is -4.46. The van der Waals surface area contributed by atoms with Gasteiger partial charge in [-0.3, -0.25) is 9.59 Å². The van der Waals surface area contributed by atoms with Crippen LogP contribution in [0.5, 0.6) is 0 Å². The fraction of sp³-hybridized carbons (Fsp3) is 0.133. The molecule has 0 saturated carbocycles. The molecule has 1 aromatic heterocycles. The van der Waals surface area contributed by atoms with E-state index in [1.165, 1.54) is 0 Å². The smallest absolute Gasteiger partial charge is 0.251 e. The Morgan fingerprint density at radius 1 is 0.568 bits per heavy atom. The summed E-state index contributed by atoms with van der Waals surface area (Å²) in [7, 11) is 0. The Morgan fingerprint density at radius 3 is 1.32 bits per heavy atom. The third kappa shape index (κ3) is 5.09. The van der Waals surface area contributed by atoms with Crippen LogP contribution in [0.2, 0.25) is 0 Å². The van der Waals surface area contributed by atoms with Crippen LogP contribution in [0.25, 0.3) is 44.2 Å². The van der Waals surface area contributed by atoms with Gasteiger partial charge in [-0.25, -0.2) is 0 Å². The van der Waals surface area contributed by atoms with Crippen LogP contribution in [0, 0.1) is 0 Å². The maximum absolute atomic E-state index is 12.2. The predicted octanol–water partition coefficient (Wildman–Crippen LogP) is 4.30. The molecule has 2 amide bonds. The standard InChI is InChI=1S/C30H28N4O3/c31-13-15-33-29(35)21-5-1-19(2-6-21)23-9-11-27-25(17-23)26-18-24(10-12-28(26)37-27)20-3-7-22(8-4-20)30(36)34-16-14-32/h1-12,17-18H,13-16,31-32H2,(H,33,35)(H,34,36). The zero-order valence-electron chi connectivity index (χ0n) is 20.3. The minimum Gasteiger partial charge on any atom is -0.456 e. The van der Waals surface area contributed by atoms with E-state index < -0.39 is 0 Å². The minimum absolute atomic E-state index is 0.134. The summed E-state index contributed by atoms with van der Waals surface area (Å²) >= 11 is 0.